The average molecular weight is 262 g/mol. The first-order valence-corrected chi connectivity index (χ1v) is 6.01. The van der Waals surface area contributed by atoms with Gasteiger partial charge < -0.3 is 0 Å². The third kappa shape index (κ3) is 2.09. The van der Waals surface area contributed by atoms with E-state index in [2.05, 4.69) is 0 Å². The molecule has 0 aromatic heterocycles. The fourth-order valence-corrected chi connectivity index (χ4v) is 2.15. The van der Waals surface area contributed by atoms with Crippen molar-refractivity contribution >= 4 is 23.2 Å². The van der Waals surface area contributed by atoms with Crippen molar-refractivity contribution in [2.75, 3.05) is 4.90 Å². The molecule has 1 unspecified atom stereocenters. The number of nitro benzene ring substituents is 1. The molecule has 1 saturated heterocycles. The van der Waals surface area contributed by atoms with Crippen LogP contribution in [0.4, 0.5) is 11.4 Å². The molecule has 1 aromatic rings. The Kier molecular flexibility index (Phi) is 3.09. The zero-order valence-corrected chi connectivity index (χ0v) is 10.8. The summed E-state index contributed by atoms with van der Waals surface area (Å²) in [5, 5.41) is 10.7. The van der Waals surface area contributed by atoms with E-state index in [9.17, 15) is 19.7 Å². The Bertz CT molecular complexity index is 570. The summed E-state index contributed by atoms with van der Waals surface area (Å²) in [6, 6.07) is 5.57. The van der Waals surface area contributed by atoms with E-state index >= 15 is 0 Å². The molecule has 1 atom stereocenters. The second kappa shape index (κ2) is 4.46. The van der Waals surface area contributed by atoms with Gasteiger partial charge in [-0.25, -0.2) is 4.90 Å². The van der Waals surface area contributed by atoms with Gasteiger partial charge in [-0.15, -0.1) is 0 Å². The number of hydrogen-bond acceptors (Lipinski definition) is 4. The molecular formula is C13H14N2O4. The maximum Gasteiger partial charge on any atom is 0.271 e. The van der Waals surface area contributed by atoms with Crippen LogP contribution in [0.25, 0.3) is 0 Å². The van der Waals surface area contributed by atoms with E-state index in [4.69, 9.17) is 0 Å². The minimum atomic E-state index is -0.707. The first-order chi connectivity index (χ1) is 8.89. The third-order valence-corrected chi connectivity index (χ3v) is 3.59. The van der Waals surface area contributed by atoms with E-state index < -0.39 is 10.3 Å². The molecule has 0 N–H and O–H groups in total. The van der Waals surface area contributed by atoms with E-state index in [-0.39, 0.29) is 29.6 Å². The molecule has 0 bridgehead atoms. The largest absolute Gasteiger partial charge is 0.274 e. The van der Waals surface area contributed by atoms with Crippen LogP contribution in [-0.4, -0.2) is 16.7 Å². The van der Waals surface area contributed by atoms with Gasteiger partial charge in [0.25, 0.3) is 5.69 Å². The minimum absolute atomic E-state index is 0.136. The predicted octanol–water partition coefficient (Wildman–Crippen LogP) is 2.27. The lowest BCUT2D eigenvalue weighted by atomic mass is 9.86. The molecule has 0 spiro atoms. The standard InChI is InChI=1S/C13H14N2O4/c1-3-13(2)8-11(16)14(12(13)17)9-5-4-6-10(7-9)15(18)19/h4-7H,3,8H2,1-2H3. The van der Waals surface area contributed by atoms with Crippen LogP contribution in [-0.2, 0) is 9.59 Å². The molecule has 1 fully saturated rings. The Morgan fingerprint density at radius 1 is 1.42 bits per heavy atom. The highest BCUT2D eigenvalue weighted by atomic mass is 16.6. The van der Waals surface area contributed by atoms with Crippen LogP contribution < -0.4 is 4.90 Å². The lowest BCUT2D eigenvalue weighted by Gasteiger charge is -2.20. The van der Waals surface area contributed by atoms with Crippen molar-refractivity contribution in [1.82, 2.24) is 0 Å². The molecular weight excluding hydrogens is 248 g/mol. The number of amides is 2. The number of benzene rings is 1. The van der Waals surface area contributed by atoms with Crippen molar-refractivity contribution in [2.45, 2.75) is 26.7 Å². The van der Waals surface area contributed by atoms with Crippen molar-refractivity contribution < 1.29 is 14.5 Å². The predicted molar refractivity (Wildman–Crippen MR) is 68.6 cm³/mol. The minimum Gasteiger partial charge on any atom is -0.274 e. The topological polar surface area (TPSA) is 80.5 Å². The highest BCUT2D eigenvalue weighted by molar-refractivity contribution is 6.22. The van der Waals surface area contributed by atoms with Gasteiger partial charge in [0.05, 0.1) is 16.0 Å². The van der Waals surface area contributed by atoms with Gasteiger partial charge in [0.1, 0.15) is 0 Å². The van der Waals surface area contributed by atoms with Gasteiger partial charge in [0.2, 0.25) is 11.8 Å². The van der Waals surface area contributed by atoms with Crippen molar-refractivity contribution in [2.24, 2.45) is 5.41 Å². The summed E-state index contributed by atoms with van der Waals surface area (Å²) in [5.74, 6) is -0.602. The summed E-state index contributed by atoms with van der Waals surface area (Å²) < 4.78 is 0. The summed E-state index contributed by atoms with van der Waals surface area (Å²) in [5.41, 5.74) is -0.577. The van der Waals surface area contributed by atoms with Gasteiger partial charge in [-0.1, -0.05) is 19.9 Å². The monoisotopic (exact) mass is 262 g/mol. The van der Waals surface area contributed by atoms with Crippen molar-refractivity contribution in [3.05, 3.63) is 34.4 Å². The summed E-state index contributed by atoms with van der Waals surface area (Å²) in [4.78, 5) is 35.5. The van der Waals surface area contributed by atoms with Gasteiger partial charge in [-0.3, -0.25) is 19.7 Å². The van der Waals surface area contributed by atoms with E-state index in [1.165, 1.54) is 24.3 Å². The molecule has 2 rings (SSSR count). The van der Waals surface area contributed by atoms with E-state index in [1.54, 1.807) is 6.92 Å². The molecule has 1 heterocycles. The molecule has 2 amide bonds. The number of carbonyl (C=O) groups excluding carboxylic acids is 2. The summed E-state index contributed by atoms with van der Waals surface area (Å²) in [6.45, 7) is 3.59. The molecule has 6 nitrogen and oxygen atoms in total. The first kappa shape index (κ1) is 13.2. The third-order valence-electron chi connectivity index (χ3n) is 3.59. The summed E-state index contributed by atoms with van der Waals surface area (Å²) >= 11 is 0. The van der Waals surface area contributed by atoms with Crippen LogP contribution in [0.2, 0.25) is 0 Å². The van der Waals surface area contributed by atoms with Gasteiger partial charge in [-0.2, -0.15) is 0 Å². The molecule has 19 heavy (non-hydrogen) atoms. The number of rotatable bonds is 3. The quantitative estimate of drug-likeness (QED) is 0.475. The summed E-state index contributed by atoms with van der Waals surface area (Å²) in [7, 11) is 0. The van der Waals surface area contributed by atoms with E-state index in [1.807, 2.05) is 6.92 Å². The van der Waals surface area contributed by atoms with Crippen molar-refractivity contribution in [1.29, 1.82) is 0 Å². The maximum atomic E-state index is 12.3. The number of carbonyl (C=O) groups is 2. The fraction of sp³-hybridized carbons (Fsp3) is 0.385. The van der Waals surface area contributed by atoms with Crippen molar-refractivity contribution in [3.8, 4) is 0 Å². The number of hydrogen-bond donors (Lipinski definition) is 0. The Labute approximate surface area is 110 Å². The molecule has 1 aromatic carbocycles. The number of anilines is 1. The molecule has 1 aliphatic rings. The second-order valence-electron chi connectivity index (χ2n) is 4.90. The molecule has 6 heteroatoms. The molecule has 0 saturated carbocycles. The zero-order chi connectivity index (χ0) is 14.2. The maximum absolute atomic E-state index is 12.3. The van der Waals surface area contributed by atoms with E-state index in [0.29, 0.717) is 6.42 Å². The second-order valence-corrected chi connectivity index (χ2v) is 4.90. The Morgan fingerprint density at radius 3 is 2.63 bits per heavy atom. The van der Waals surface area contributed by atoms with Crippen LogP contribution in [0.3, 0.4) is 0 Å². The SMILES string of the molecule is CCC1(C)CC(=O)N(c2cccc([N+](=O)[O-])c2)C1=O. The number of nitro groups is 1. The number of non-ortho nitro benzene ring substituents is 1. The van der Waals surface area contributed by atoms with Crippen LogP contribution in [0.1, 0.15) is 26.7 Å². The first-order valence-electron chi connectivity index (χ1n) is 6.01. The van der Waals surface area contributed by atoms with Crippen molar-refractivity contribution in [3.63, 3.8) is 0 Å². The Balaban J connectivity index is 2.42. The number of nitrogens with zero attached hydrogens (tertiary/aromatic N) is 2. The lowest BCUT2D eigenvalue weighted by molar-refractivity contribution is -0.384. The van der Waals surface area contributed by atoms with Gasteiger partial charge in [0, 0.05) is 18.6 Å². The lowest BCUT2D eigenvalue weighted by Crippen LogP contribution is -2.33. The smallest absolute Gasteiger partial charge is 0.271 e. The molecule has 0 radical (unpaired) electrons. The summed E-state index contributed by atoms with van der Waals surface area (Å²) in [6.07, 6.45) is 0.702. The van der Waals surface area contributed by atoms with Crippen LogP contribution in [0, 0.1) is 15.5 Å². The highest BCUT2D eigenvalue weighted by Crippen LogP contribution is 2.38. The van der Waals surface area contributed by atoms with Gasteiger partial charge in [-0.05, 0) is 12.5 Å². The zero-order valence-electron chi connectivity index (χ0n) is 10.8. The van der Waals surface area contributed by atoms with Crippen LogP contribution in [0.15, 0.2) is 24.3 Å². The van der Waals surface area contributed by atoms with Crippen LogP contribution in [0.5, 0.6) is 0 Å². The highest BCUT2D eigenvalue weighted by Gasteiger charge is 2.47. The Hall–Kier alpha value is -2.24. The Morgan fingerprint density at radius 2 is 2.11 bits per heavy atom. The van der Waals surface area contributed by atoms with Gasteiger partial charge >= 0.3 is 0 Å². The fourth-order valence-electron chi connectivity index (χ4n) is 2.15. The van der Waals surface area contributed by atoms with Crippen LogP contribution >= 0.6 is 0 Å². The normalized spacial score (nSPS) is 22.9. The van der Waals surface area contributed by atoms with E-state index in [0.717, 1.165) is 4.90 Å². The number of imide groups is 1. The average Bonchev–Trinajstić information content (AvgIpc) is 2.61. The molecule has 0 aliphatic carbocycles. The van der Waals surface area contributed by atoms with Gasteiger partial charge in [0.15, 0.2) is 0 Å². The molecule has 1 aliphatic heterocycles. The molecule has 100 valence electrons.